The quantitative estimate of drug-likeness (QED) is 0.881. The molecule has 1 aromatic rings. The van der Waals surface area contributed by atoms with Crippen molar-refractivity contribution in [3.63, 3.8) is 0 Å². The molecular formula is C12H17ClN2O2. The molecule has 4 nitrogen and oxygen atoms in total. The second kappa shape index (κ2) is 5.87. The average molecular weight is 257 g/mol. The molecule has 1 aromatic heterocycles. The first-order chi connectivity index (χ1) is 7.66. The third-order valence-electron chi connectivity index (χ3n) is 2.99. The molecule has 2 heterocycles. The van der Waals surface area contributed by atoms with Crippen molar-refractivity contribution in [2.24, 2.45) is 5.92 Å². The maximum atomic E-state index is 10.9. The number of halogens is 1. The van der Waals surface area contributed by atoms with Crippen molar-refractivity contribution in [3.8, 4) is 0 Å². The van der Waals surface area contributed by atoms with E-state index in [4.69, 9.17) is 5.11 Å². The highest BCUT2D eigenvalue weighted by Gasteiger charge is 2.25. The van der Waals surface area contributed by atoms with E-state index in [0.29, 0.717) is 6.54 Å². The summed E-state index contributed by atoms with van der Waals surface area (Å²) < 4.78 is 0. The first kappa shape index (κ1) is 13.8. The molecule has 1 fully saturated rings. The van der Waals surface area contributed by atoms with Crippen LogP contribution in [0.2, 0.25) is 0 Å². The van der Waals surface area contributed by atoms with Gasteiger partial charge in [-0.2, -0.15) is 0 Å². The van der Waals surface area contributed by atoms with Crippen molar-refractivity contribution in [2.45, 2.75) is 19.8 Å². The van der Waals surface area contributed by atoms with Gasteiger partial charge in [0.1, 0.15) is 5.82 Å². The minimum atomic E-state index is -0.697. The van der Waals surface area contributed by atoms with Crippen LogP contribution in [0.15, 0.2) is 18.3 Å². The lowest BCUT2D eigenvalue weighted by molar-refractivity contribution is -0.141. The molecule has 0 aromatic carbocycles. The van der Waals surface area contributed by atoms with Crippen LogP contribution >= 0.6 is 12.4 Å². The van der Waals surface area contributed by atoms with Crippen molar-refractivity contribution < 1.29 is 9.90 Å². The predicted molar refractivity (Wildman–Crippen MR) is 68.8 cm³/mol. The molecule has 2 rings (SSSR count). The van der Waals surface area contributed by atoms with E-state index in [0.717, 1.165) is 30.8 Å². The fourth-order valence-electron chi connectivity index (χ4n) is 2.03. The molecule has 0 radical (unpaired) electrons. The van der Waals surface area contributed by atoms with Gasteiger partial charge in [0.05, 0.1) is 5.92 Å². The summed E-state index contributed by atoms with van der Waals surface area (Å²) in [6, 6.07) is 3.96. The standard InChI is InChI=1S/C12H16N2O2.ClH/c1-9-4-5-11(13-7-9)14-6-2-3-10(8-14)12(15)16;/h4-5,7,10H,2-3,6,8H2,1H3,(H,15,16);1H. The van der Waals surface area contributed by atoms with Gasteiger partial charge >= 0.3 is 5.97 Å². The number of carbonyl (C=O) groups is 1. The largest absolute Gasteiger partial charge is 0.481 e. The highest BCUT2D eigenvalue weighted by Crippen LogP contribution is 2.21. The second-order valence-electron chi connectivity index (χ2n) is 4.32. The van der Waals surface area contributed by atoms with Gasteiger partial charge in [0.2, 0.25) is 0 Å². The number of pyridine rings is 1. The maximum Gasteiger partial charge on any atom is 0.308 e. The van der Waals surface area contributed by atoms with Crippen molar-refractivity contribution in [1.29, 1.82) is 0 Å². The number of carboxylic acid groups (broad SMARTS) is 1. The van der Waals surface area contributed by atoms with Crippen molar-refractivity contribution in [3.05, 3.63) is 23.9 Å². The van der Waals surface area contributed by atoms with Gasteiger partial charge in [0, 0.05) is 19.3 Å². The molecule has 1 aliphatic rings. The van der Waals surface area contributed by atoms with E-state index in [9.17, 15) is 4.79 Å². The molecular weight excluding hydrogens is 240 g/mol. The van der Waals surface area contributed by atoms with E-state index in [1.54, 1.807) is 0 Å². The number of hydrogen-bond acceptors (Lipinski definition) is 3. The van der Waals surface area contributed by atoms with Gasteiger partial charge in [0.25, 0.3) is 0 Å². The zero-order valence-corrected chi connectivity index (χ0v) is 10.6. The number of carboxylic acids is 1. The van der Waals surface area contributed by atoms with Crippen LogP contribution in [0.3, 0.4) is 0 Å². The molecule has 1 unspecified atom stereocenters. The number of aliphatic carboxylic acids is 1. The molecule has 1 atom stereocenters. The first-order valence-corrected chi connectivity index (χ1v) is 5.57. The lowest BCUT2D eigenvalue weighted by Crippen LogP contribution is -2.39. The minimum Gasteiger partial charge on any atom is -0.481 e. The monoisotopic (exact) mass is 256 g/mol. The van der Waals surface area contributed by atoms with E-state index < -0.39 is 5.97 Å². The van der Waals surface area contributed by atoms with Crippen LogP contribution in [0.4, 0.5) is 5.82 Å². The van der Waals surface area contributed by atoms with Gasteiger partial charge in [0.15, 0.2) is 0 Å². The average Bonchev–Trinajstić information content (AvgIpc) is 2.30. The molecule has 0 saturated carbocycles. The Balaban J connectivity index is 0.00000144. The summed E-state index contributed by atoms with van der Waals surface area (Å²) in [6.07, 6.45) is 3.52. The third-order valence-corrected chi connectivity index (χ3v) is 2.99. The zero-order valence-electron chi connectivity index (χ0n) is 9.80. The fourth-order valence-corrected chi connectivity index (χ4v) is 2.03. The van der Waals surface area contributed by atoms with Crippen molar-refractivity contribution in [1.82, 2.24) is 4.98 Å². The number of anilines is 1. The predicted octanol–water partition coefficient (Wildman–Crippen LogP) is 2.11. The fraction of sp³-hybridized carbons (Fsp3) is 0.500. The molecule has 1 aliphatic heterocycles. The Hall–Kier alpha value is -1.29. The smallest absolute Gasteiger partial charge is 0.308 e. The number of aromatic nitrogens is 1. The van der Waals surface area contributed by atoms with Crippen LogP contribution in [-0.2, 0) is 4.79 Å². The zero-order chi connectivity index (χ0) is 11.5. The maximum absolute atomic E-state index is 10.9. The van der Waals surface area contributed by atoms with Crippen LogP contribution in [0, 0.1) is 12.8 Å². The SMILES string of the molecule is Cc1ccc(N2CCCC(C(=O)O)C2)nc1.Cl. The summed E-state index contributed by atoms with van der Waals surface area (Å²) in [5, 5.41) is 9.00. The summed E-state index contributed by atoms with van der Waals surface area (Å²) in [4.78, 5) is 17.3. The molecule has 5 heteroatoms. The van der Waals surface area contributed by atoms with Crippen molar-refractivity contribution in [2.75, 3.05) is 18.0 Å². The molecule has 0 spiro atoms. The molecule has 94 valence electrons. The topological polar surface area (TPSA) is 53.4 Å². The Morgan fingerprint density at radius 1 is 1.53 bits per heavy atom. The molecule has 0 amide bonds. The Bertz CT molecular complexity index is 381. The Labute approximate surface area is 107 Å². The van der Waals surface area contributed by atoms with E-state index in [1.807, 2.05) is 25.3 Å². The van der Waals surface area contributed by atoms with Crippen LogP contribution in [0.25, 0.3) is 0 Å². The van der Waals surface area contributed by atoms with Gasteiger partial charge < -0.3 is 10.0 Å². The number of piperidine rings is 1. The van der Waals surface area contributed by atoms with Crippen LogP contribution in [-0.4, -0.2) is 29.1 Å². The Kier molecular flexibility index (Phi) is 4.75. The lowest BCUT2D eigenvalue weighted by Gasteiger charge is -2.31. The Morgan fingerprint density at radius 2 is 2.29 bits per heavy atom. The highest BCUT2D eigenvalue weighted by molar-refractivity contribution is 5.85. The van der Waals surface area contributed by atoms with E-state index in [-0.39, 0.29) is 18.3 Å². The number of rotatable bonds is 2. The molecule has 17 heavy (non-hydrogen) atoms. The molecule has 1 saturated heterocycles. The van der Waals surface area contributed by atoms with Gasteiger partial charge in [-0.05, 0) is 31.4 Å². The van der Waals surface area contributed by atoms with Gasteiger partial charge in [-0.1, -0.05) is 6.07 Å². The van der Waals surface area contributed by atoms with E-state index in [2.05, 4.69) is 9.88 Å². The lowest BCUT2D eigenvalue weighted by atomic mass is 9.98. The second-order valence-corrected chi connectivity index (χ2v) is 4.32. The summed E-state index contributed by atoms with van der Waals surface area (Å²) >= 11 is 0. The summed E-state index contributed by atoms with van der Waals surface area (Å²) in [6.45, 7) is 3.47. The van der Waals surface area contributed by atoms with E-state index in [1.165, 1.54) is 0 Å². The molecule has 1 N–H and O–H groups in total. The summed E-state index contributed by atoms with van der Waals surface area (Å²) in [5.74, 6) is -0.0646. The third kappa shape index (κ3) is 3.33. The van der Waals surface area contributed by atoms with Crippen LogP contribution in [0.5, 0.6) is 0 Å². The van der Waals surface area contributed by atoms with Crippen LogP contribution < -0.4 is 4.90 Å². The van der Waals surface area contributed by atoms with Gasteiger partial charge in [-0.25, -0.2) is 4.98 Å². The van der Waals surface area contributed by atoms with Crippen LogP contribution in [0.1, 0.15) is 18.4 Å². The van der Waals surface area contributed by atoms with Gasteiger partial charge in [-0.15, -0.1) is 12.4 Å². The number of hydrogen-bond donors (Lipinski definition) is 1. The molecule has 0 aliphatic carbocycles. The van der Waals surface area contributed by atoms with Gasteiger partial charge in [-0.3, -0.25) is 4.79 Å². The summed E-state index contributed by atoms with van der Waals surface area (Å²) in [7, 11) is 0. The highest BCUT2D eigenvalue weighted by atomic mass is 35.5. The molecule has 0 bridgehead atoms. The number of aryl methyl sites for hydroxylation is 1. The summed E-state index contributed by atoms with van der Waals surface area (Å²) in [5.41, 5.74) is 1.12. The Morgan fingerprint density at radius 3 is 2.88 bits per heavy atom. The normalized spacial score (nSPS) is 19.6. The van der Waals surface area contributed by atoms with Crippen molar-refractivity contribution >= 4 is 24.2 Å². The van der Waals surface area contributed by atoms with E-state index >= 15 is 0 Å². The minimum absolute atomic E-state index is 0. The first-order valence-electron chi connectivity index (χ1n) is 5.57. The number of nitrogens with zero attached hydrogens (tertiary/aromatic N) is 2.